The molecule has 0 unspecified atom stereocenters. The molecule has 1 aliphatic rings. The Hall–Kier alpha value is -1.07. The molecule has 20 heavy (non-hydrogen) atoms. The third-order valence-electron chi connectivity index (χ3n) is 3.65. The lowest BCUT2D eigenvalue weighted by Crippen LogP contribution is -2.28. The Morgan fingerprint density at radius 3 is 2.80 bits per heavy atom. The standard InChI is InChI=1S/C14H23ClN4O/c1-2-3-9-19-14(20)13(15)12(11-17-19)16-6-10-18-7-4-5-8-18/h11,16H,2-10H2,1H3. The highest BCUT2D eigenvalue weighted by Crippen LogP contribution is 2.15. The minimum Gasteiger partial charge on any atom is -0.381 e. The van der Waals surface area contributed by atoms with Crippen LogP contribution in [0.5, 0.6) is 0 Å². The maximum Gasteiger partial charge on any atom is 0.287 e. The van der Waals surface area contributed by atoms with E-state index in [9.17, 15) is 4.79 Å². The summed E-state index contributed by atoms with van der Waals surface area (Å²) in [7, 11) is 0. The molecule has 0 spiro atoms. The largest absolute Gasteiger partial charge is 0.381 e. The van der Waals surface area contributed by atoms with Crippen LogP contribution in [0.1, 0.15) is 32.6 Å². The van der Waals surface area contributed by atoms with Crippen molar-refractivity contribution < 1.29 is 0 Å². The van der Waals surface area contributed by atoms with Gasteiger partial charge in [-0.2, -0.15) is 5.10 Å². The molecule has 1 saturated heterocycles. The van der Waals surface area contributed by atoms with Gasteiger partial charge >= 0.3 is 0 Å². The lowest BCUT2D eigenvalue weighted by molar-refractivity contribution is 0.352. The molecule has 112 valence electrons. The van der Waals surface area contributed by atoms with Crippen molar-refractivity contribution in [3.05, 3.63) is 21.6 Å². The molecular formula is C14H23ClN4O. The molecule has 0 aromatic carbocycles. The van der Waals surface area contributed by atoms with Gasteiger partial charge in [-0.25, -0.2) is 4.68 Å². The molecule has 6 heteroatoms. The van der Waals surface area contributed by atoms with Crippen LogP contribution in [-0.2, 0) is 6.54 Å². The lowest BCUT2D eigenvalue weighted by Gasteiger charge is -2.16. The summed E-state index contributed by atoms with van der Waals surface area (Å²) < 4.78 is 1.44. The quantitative estimate of drug-likeness (QED) is 0.838. The smallest absolute Gasteiger partial charge is 0.287 e. The fourth-order valence-corrected chi connectivity index (χ4v) is 2.62. The highest BCUT2D eigenvalue weighted by molar-refractivity contribution is 6.32. The van der Waals surface area contributed by atoms with Gasteiger partial charge < -0.3 is 10.2 Å². The molecular weight excluding hydrogens is 276 g/mol. The fourth-order valence-electron chi connectivity index (χ4n) is 2.41. The number of aryl methyl sites for hydroxylation is 1. The van der Waals surface area contributed by atoms with Gasteiger partial charge in [-0.1, -0.05) is 24.9 Å². The van der Waals surface area contributed by atoms with Crippen LogP contribution in [0.15, 0.2) is 11.0 Å². The number of anilines is 1. The summed E-state index contributed by atoms with van der Waals surface area (Å²) in [6.07, 6.45) is 6.20. The van der Waals surface area contributed by atoms with Gasteiger partial charge in [0.1, 0.15) is 5.02 Å². The molecule has 0 amide bonds. The Labute approximate surface area is 124 Å². The summed E-state index contributed by atoms with van der Waals surface area (Å²) in [4.78, 5) is 14.4. The van der Waals surface area contributed by atoms with Crippen LogP contribution in [0.3, 0.4) is 0 Å². The van der Waals surface area contributed by atoms with Gasteiger partial charge in [0.05, 0.1) is 11.9 Å². The zero-order valence-corrected chi connectivity index (χ0v) is 12.8. The third kappa shape index (κ3) is 3.96. The highest BCUT2D eigenvalue weighted by Gasteiger charge is 2.12. The molecule has 2 heterocycles. The van der Waals surface area contributed by atoms with Gasteiger partial charge in [-0.15, -0.1) is 0 Å². The topological polar surface area (TPSA) is 50.2 Å². The molecule has 0 radical (unpaired) electrons. The first-order chi connectivity index (χ1) is 9.72. The van der Waals surface area contributed by atoms with E-state index < -0.39 is 0 Å². The second-order valence-electron chi connectivity index (χ2n) is 5.23. The Bertz CT molecular complexity index is 483. The molecule has 0 bridgehead atoms. The number of nitrogens with one attached hydrogen (secondary N) is 1. The van der Waals surface area contributed by atoms with Crippen molar-refractivity contribution in [2.24, 2.45) is 0 Å². The van der Waals surface area contributed by atoms with E-state index in [0.29, 0.717) is 12.2 Å². The van der Waals surface area contributed by atoms with Crippen molar-refractivity contribution in [2.45, 2.75) is 39.2 Å². The average Bonchev–Trinajstić information content (AvgIpc) is 2.96. The fraction of sp³-hybridized carbons (Fsp3) is 0.714. The monoisotopic (exact) mass is 298 g/mol. The number of nitrogens with zero attached hydrogens (tertiary/aromatic N) is 3. The molecule has 0 atom stereocenters. The van der Waals surface area contributed by atoms with E-state index in [0.717, 1.165) is 25.9 Å². The Kier molecular flexibility index (Phi) is 5.86. The number of halogens is 1. The molecule has 1 N–H and O–H groups in total. The molecule has 0 aliphatic carbocycles. The van der Waals surface area contributed by atoms with Crippen LogP contribution < -0.4 is 10.9 Å². The summed E-state index contributed by atoms with van der Waals surface area (Å²) in [5.41, 5.74) is 0.440. The third-order valence-corrected chi connectivity index (χ3v) is 4.02. The number of likely N-dealkylation sites (tertiary alicyclic amines) is 1. The van der Waals surface area contributed by atoms with Crippen molar-refractivity contribution in [3.8, 4) is 0 Å². The zero-order chi connectivity index (χ0) is 14.4. The van der Waals surface area contributed by atoms with E-state index in [1.807, 2.05) is 0 Å². The number of hydrogen-bond donors (Lipinski definition) is 1. The predicted molar refractivity (Wildman–Crippen MR) is 82.6 cm³/mol. The molecule has 2 rings (SSSR count). The molecule has 5 nitrogen and oxygen atoms in total. The van der Waals surface area contributed by atoms with Crippen molar-refractivity contribution in [1.82, 2.24) is 14.7 Å². The second kappa shape index (κ2) is 7.64. The van der Waals surface area contributed by atoms with Crippen molar-refractivity contribution >= 4 is 17.3 Å². The summed E-state index contributed by atoms with van der Waals surface area (Å²) in [6.45, 7) is 6.83. The zero-order valence-electron chi connectivity index (χ0n) is 12.1. The van der Waals surface area contributed by atoms with Crippen LogP contribution in [0, 0.1) is 0 Å². The van der Waals surface area contributed by atoms with Crippen molar-refractivity contribution in [2.75, 3.05) is 31.5 Å². The first kappa shape index (κ1) is 15.3. The maximum atomic E-state index is 12.0. The minimum atomic E-state index is -0.203. The first-order valence-electron chi connectivity index (χ1n) is 7.44. The van der Waals surface area contributed by atoms with Gasteiger partial charge in [0.25, 0.3) is 5.56 Å². The van der Waals surface area contributed by atoms with Gasteiger partial charge in [0, 0.05) is 19.6 Å². The van der Waals surface area contributed by atoms with Crippen LogP contribution in [-0.4, -0.2) is 40.9 Å². The summed E-state index contributed by atoms with van der Waals surface area (Å²) in [5, 5.41) is 7.63. The molecule has 1 fully saturated rings. The molecule has 1 aromatic heterocycles. The van der Waals surface area contributed by atoms with Gasteiger partial charge in [0.2, 0.25) is 0 Å². The molecule has 1 aromatic rings. The molecule has 0 saturated carbocycles. The number of aromatic nitrogens is 2. The van der Waals surface area contributed by atoms with Gasteiger partial charge in [0.15, 0.2) is 0 Å². The van der Waals surface area contributed by atoms with Crippen LogP contribution in [0.4, 0.5) is 5.69 Å². The number of unbranched alkanes of at least 4 members (excludes halogenated alkanes) is 1. The van der Waals surface area contributed by atoms with Crippen LogP contribution >= 0.6 is 11.6 Å². The van der Waals surface area contributed by atoms with E-state index in [1.54, 1.807) is 6.20 Å². The van der Waals surface area contributed by atoms with E-state index in [4.69, 9.17) is 11.6 Å². The van der Waals surface area contributed by atoms with E-state index in [1.165, 1.54) is 30.6 Å². The highest BCUT2D eigenvalue weighted by atomic mass is 35.5. The summed E-state index contributed by atoms with van der Waals surface area (Å²) >= 11 is 6.12. The first-order valence-corrected chi connectivity index (χ1v) is 7.82. The Morgan fingerprint density at radius 2 is 2.10 bits per heavy atom. The summed E-state index contributed by atoms with van der Waals surface area (Å²) in [5.74, 6) is 0. The average molecular weight is 299 g/mol. The van der Waals surface area contributed by atoms with Crippen LogP contribution in [0.2, 0.25) is 5.02 Å². The molecule has 1 aliphatic heterocycles. The van der Waals surface area contributed by atoms with E-state index >= 15 is 0 Å². The Morgan fingerprint density at radius 1 is 1.35 bits per heavy atom. The predicted octanol–water partition coefficient (Wildman–Crippen LogP) is 2.20. The number of hydrogen-bond acceptors (Lipinski definition) is 4. The summed E-state index contributed by atoms with van der Waals surface area (Å²) in [6, 6.07) is 0. The maximum absolute atomic E-state index is 12.0. The lowest BCUT2D eigenvalue weighted by atomic mass is 10.3. The SMILES string of the molecule is CCCCn1ncc(NCCN2CCCC2)c(Cl)c1=O. The van der Waals surface area contributed by atoms with E-state index in [-0.39, 0.29) is 10.6 Å². The van der Waals surface area contributed by atoms with E-state index in [2.05, 4.69) is 22.2 Å². The number of rotatable bonds is 7. The van der Waals surface area contributed by atoms with Crippen molar-refractivity contribution in [3.63, 3.8) is 0 Å². The minimum absolute atomic E-state index is 0.203. The van der Waals surface area contributed by atoms with Gasteiger partial charge in [-0.05, 0) is 32.4 Å². The van der Waals surface area contributed by atoms with Gasteiger partial charge in [-0.3, -0.25) is 4.79 Å². The Balaban J connectivity index is 1.91. The van der Waals surface area contributed by atoms with Crippen LogP contribution in [0.25, 0.3) is 0 Å². The van der Waals surface area contributed by atoms with Crippen molar-refractivity contribution in [1.29, 1.82) is 0 Å². The second-order valence-corrected chi connectivity index (χ2v) is 5.61. The normalized spacial score (nSPS) is 15.7.